The lowest BCUT2D eigenvalue weighted by atomic mass is 9.91. The fraction of sp³-hybridized carbons (Fsp3) is 0.333. The van der Waals surface area contributed by atoms with E-state index in [4.69, 9.17) is 4.74 Å². The number of hydrogen-bond donors (Lipinski definition) is 0. The van der Waals surface area contributed by atoms with Gasteiger partial charge in [0.15, 0.2) is 0 Å². The van der Waals surface area contributed by atoms with Crippen molar-refractivity contribution in [3.63, 3.8) is 0 Å². The number of benzene rings is 1. The highest BCUT2D eigenvalue weighted by Gasteiger charge is 2.14. The predicted octanol–water partition coefficient (Wildman–Crippen LogP) is 3.46. The predicted molar refractivity (Wildman–Crippen MR) is 69.9 cm³/mol. The van der Waals surface area contributed by atoms with Gasteiger partial charge in [-0.05, 0) is 55.9 Å². The third-order valence-electron chi connectivity index (χ3n) is 3.33. The van der Waals surface area contributed by atoms with Crippen LogP contribution in [0, 0.1) is 6.92 Å². The lowest BCUT2D eigenvalue weighted by molar-refractivity contribution is 0.431. The molecule has 0 amide bonds. The van der Waals surface area contributed by atoms with Crippen LogP contribution in [0.4, 0.5) is 0 Å². The van der Waals surface area contributed by atoms with Gasteiger partial charge < -0.3 is 4.74 Å². The van der Waals surface area contributed by atoms with E-state index in [2.05, 4.69) is 22.1 Å². The summed E-state index contributed by atoms with van der Waals surface area (Å²) in [6.07, 6.45) is 6.49. The summed E-state index contributed by atoms with van der Waals surface area (Å²) in [5.41, 5.74) is 3.66. The fourth-order valence-electron chi connectivity index (χ4n) is 2.42. The number of aromatic nitrogens is 2. The third-order valence-corrected chi connectivity index (χ3v) is 3.33. The summed E-state index contributed by atoms with van der Waals surface area (Å²) >= 11 is 0. The summed E-state index contributed by atoms with van der Waals surface area (Å²) in [5.74, 6) is 0.915. The molecule has 1 aromatic carbocycles. The summed E-state index contributed by atoms with van der Waals surface area (Å²) in [7, 11) is 0. The number of rotatable bonds is 2. The van der Waals surface area contributed by atoms with Gasteiger partial charge in [-0.1, -0.05) is 12.1 Å². The van der Waals surface area contributed by atoms with E-state index in [0.717, 1.165) is 24.3 Å². The van der Waals surface area contributed by atoms with Crippen LogP contribution < -0.4 is 4.74 Å². The first-order valence-electron chi connectivity index (χ1n) is 6.41. The van der Waals surface area contributed by atoms with Crippen LogP contribution in [0.2, 0.25) is 0 Å². The molecule has 18 heavy (non-hydrogen) atoms. The Bertz CT molecular complexity index is 566. The first kappa shape index (κ1) is 11.2. The van der Waals surface area contributed by atoms with Crippen molar-refractivity contribution < 1.29 is 4.74 Å². The average molecular weight is 240 g/mol. The summed E-state index contributed by atoms with van der Waals surface area (Å²) in [5, 5.41) is 0. The molecule has 2 aromatic rings. The summed E-state index contributed by atoms with van der Waals surface area (Å²) < 4.78 is 5.84. The number of hydrogen-bond acceptors (Lipinski definition) is 3. The molecule has 0 aliphatic heterocycles. The molecule has 0 saturated carbocycles. The van der Waals surface area contributed by atoms with Crippen molar-refractivity contribution in [1.29, 1.82) is 0 Å². The number of ether oxygens (including phenoxy) is 1. The van der Waals surface area contributed by atoms with Gasteiger partial charge >= 0.3 is 6.01 Å². The topological polar surface area (TPSA) is 35.0 Å². The molecule has 3 heteroatoms. The minimum absolute atomic E-state index is 0.439. The van der Waals surface area contributed by atoms with Crippen molar-refractivity contribution >= 4 is 0 Å². The van der Waals surface area contributed by atoms with Crippen molar-refractivity contribution in [3.8, 4) is 11.8 Å². The minimum atomic E-state index is 0.439. The second kappa shape index (κ2) is 4.77. The fourth-order valence-corrected chi connectivity index (χ4v) is 2.42. The molecule has 92 valence electrons. The van der Waals surface area contributed by atoms with Gasteiger partial charge in [0.05, 0.1) is 0 Å². The normalized spacial score (nSPS) is 14.1. The molecule has 0 N–H and O–H groups in total. The largest absolute Gasteiger partial charge is 0.424 e. The summed E-state index contributed by atoms with van der Waals surface area (Å²) in [4.78, 5) is 8.43. The van der Waals surface area contributed by atoms with Crippen molar-refractivity contribution in [2.24, 2.45) is 0 Å². The summed E-state index contributed by atoms with van der Waals surface area (Å²) in [6, 6.07) is 8.56. The average Bonchev–Trinajstić information content (AvgIpc) is 2.39. The molecule has 1 aromatic heterocycles. The highest BCUT2D eigenvalue weighted by Crippen LogP contribution is 2.31. The Morgan fingerprint density at radius 2 is 2.00 bits per heavy atom. The molecule has 1 aliphatic rings. The van der Waals surface area contributed by atoms with Crippen LogP contribution in [-0.4, -0.2) is 9.97 Å². The van der Waals surface area contributed by atoms with Gasteiger partial charge in [0.25, 0.3) is 0 Å². The zero-order valence-electron chi connectivity index (χ0n) is 10.5. The summed E-state index contributed by atoms with van der Waals surface area (Å²) in [6.45, 7) is 1.94. The lowest BCUT2D eigenvalue weighted by Gasteiger charge is -2.18. The van der Waals surface area contributed by atoms with E-state index in [-0.39, 0.29) is 0 Å². The van der Waals surface area contributed by atoms with Crippen molar-refractivity contribution in [3.05, 3.63) is 47.3 Å². The van der Waals surface area contributed by atoms with Gasteiger partial charge in [0, 0.05) is 11.9 Å². The van der Waals surface area contributed by atoms with Crippen LogP contribution in [0.3, 0.4) is 0 Å². The molecule has 3 nitrogen and oxygen atoms in total. The van der Waals surface area contributed by atoms with Gasteiger partial charge in [0.1, 0.15) is 5.75 Å². The Kier molecular flexibility index (Phi) is 2.97. The van der Waals surface area contributed by atoms with Gasteiger partial charge in [-0.15, -0.1) is 0 Å². The maximum atomic E-state index is 5.84. The molecule has 0 radical (unpaired) electrons. The quantitative estimate of drug-likeness (QED) is 0.806. The van der Waals surface area contributed by atoms with Gasteiger partial charge in [-0.25, -0.2) is 9.97 Å². The molecule has 0 bridgehead atoms. The minimum Gasteiger partial charge on any atom is -0.424 e. The first-order chi connectivity index (χ1) is 8.83. The smallest absolute Gasteiger partial charge is 0.322 e. The van der Waals surface area contributed by atoms with Crippen LogP contribution in [-0.2, 0) is 12.8 Å². The van der Waals surface area contributed by atoms with Crippen LogP contribution in [0.25, 0.3) is 0 Å². The Balaban J connectivity index is 1.93. The van der Waals surface area contributed by atoms with E-state index in [9.17, 15) is 0 Å². The zero-order chi connectivity index (χ0) is 12.4. The Morgan fingerprint density at radius 3 is 2.89 bits per heavy atom. The highest BCUT2D eigenvalue weighted by molar-refractivity contribution is 5.42. The van der Waals surface area contributed by atoms with Gasteiger partial charge in [-0.3, -0.25) is 0 Å². The van der Waals surface area contributed by atoms with E-state index >= 15 is 0 Å². The van der Waals surface area contributed by atoms with E-state index < -0.39 is 0 Å². The zero-order valence-corrected chi connectivity index (χ0v) is 10.5. The van der Waals surface area contributed by atoms with E-state index in [1.54, 1.807) is 6.20 Å². The van der Waals surface area contributed by atoms with Crippen molar-refractivity contribution in [1.82, 2.24) is 9.97 Å². The SMILES string of the molecule is Cc1ccnc(Oc2cccc3c2CCCC3)n1. The van der Waals surface area contributed by atoms with Gasteiger partial charge in [-0.2, -0.15) is 0 Å². The highest BCUT2D eigenvalue weighted by atomic mass is 16.5. The van der Waals surface area contributed by atoms with E-state index in [1.807, 2.05) is 19.1 Å². The second-order valence-electron chi connectivity index (χ2n) is 4.68. The maximum Gasteiger partial charge on any atom is 0.322 e. The van der Waals surface area contributed by atoms with Gasteiger partial charge in [0.2, 0.25) is 0 Å². The number of nitrogens with zero attached hydrogens (tertiary/aromatic N) is 2. The molecule has 0 unspecified atom stereocenters. The van der Waals surface area contributed by atoms with Crippen LogP contribution in [0.15, 0.2) is 30.5 Å². The Hall–Kier alpha value is -1.90. The van der Waals surface area contributed by atoms with Crippen LogP contribution >= 0.6 is 0 Å². The Labute approximate surface area is 107 Å². The molecule has 0 atom stereocenters. The molecular weight excluding hydrogens is 224 g/mol. The molecular formula is C15H16N2O. The van der Waals surface area contributed by atoms with Crippen molar-refractivity contribution in [2.45, 2.75) is 32.6 Å². The molecule has 0 saturated heterocycles. The number of fused-ring (bicyclic) bond motifs is 1. The van der Waals surface area contributed by atoms with Crippen molar-refractivity contribution in [2.75, 3.05) is 0 Å². The van der Waals surface area contributed by atoms with E-state index in [1.165, 1.54) is 24.0 Å². The third kappa shape index (κ3) is 2.21. The maximum absolute atomic E-state index is 5.84. The molecule has 0 spiro atoms. The van der Waals surface area contributed by atoms with Crippen LogP contribution in [0.1, 0.15) is 29.7 Å². The molecule has 1 heterocycles. The standard InChI is InChI=1S/C15H16N2O/c1-11-9-10-16-15(17-11)18-14-8-4-6-12-5-2-3-7-13(12)14/h4,6,8-10H,2-3,5,7H2,1H3. The van der Waals surface area contributed by atoms with E-state index in [0.29, 0.717) is 6.01 Å². The molecule has 1 aliphatic carbocycles. The lowest BCUT2D eigenvalue weighted by Crippen LogP contribution is -2.05. The first-order valence-corrected chi connectivity index (χ1v) is 6.41. The van der Waals surface area contributed by atoms with Crippen LogP contribution in [0.5, 0.6) is 11.8 Å². The second-order valence-corrected chi connectivity index (χ2v) is 4.68. The molecule has 3 rings (SSSR count). The molecule has 0 fully saturated rings. The number of aryl methyl sites for hydroxylation is 2. The Morgan fingerprint density at radius 1 is 1.11 bits per heavy atom. The monoisotopic (exact) mass is 240 g/mol.